The molecule has 1 aliphatic rings. The minimum absolute atomic E-state index is 0.0119. The first-order valence-electron chi connectivity index (χ1n) is 22.4. The van der Waals surface area contributed by atoms with Crippen molar-refractivity contribution in [3.8, 4) is 22.5 Å². The highest BCUT2D eigenvalue weighted by molar-refractivity contribution is 8.76. The van der Waals surface area contributed by atoms with E-state index in [-0.39, 0.29) is 42.1 Å². The number of rotatable bonds is 25. The van der Waals surface area contributed by atoms with E-state index in [0.29, 0.717) is 69.5 Å². The summed E-state index contributed by atoms with van der Waals surface area (Å²) in [5.41, 5.74) is 3.10. The number of anilines is 1. The number of ether oxygens (including phenoxy) is 2. The van der Waals surface area contributed by atoms with Crippen LogP contribution in [0.15, 0.2) is 48.5 Å². The Balaban J connectivity index is 1.34. The van der Waals surface area contributed by atoms with Crippen LogP contribution >= 0.6 is 21.6 Å². The Bertz CT molecular complexity index is 2000. The van der Waals surface area contributed by atoms with Crippen molar-refractivity contribution >= 4 is 50.9 Å². The Hall–Kier alpha value is -3.92. The summed E-state index contributed by atoms with van der Waals surface area (Å²) < 4.78 is 14.5. The third-order valence-corrected chi connectivity index (χ3v) is 14.5. The lowest BCUT2D eigenvalue weighted by Gasteiger charge is -2.31. The summed E-state index contributed by atoms with van der Waals surface area (Å²) in [5, 5.41) is 18.5. The largest absolute Gasteiger partial charge is 0.375 e. The lowest BCUT2D eigenvalue weighted by atomic mass is 9.88. The second-order valence-electron chi connectivity index (χ2n) is 19.0. The van der Waals surface area contributed by atoms with Gasteiger partial charge in [-0.25, -0.2) is 4.68 Å². The van der Waals surface area contributed by atoms with Crippen LogP contribution in [0.25, 0.3) is 22.5 Å². The van der Waals surface area contributed by atoms with E-state index in [4.69, 9.17) is 14.6 Å². The smallest absolute Gasteiger partial charge is 0.227 e. The lowest BCUT2D eigenvalue weighted by Crippen LogP contribution is -2.45. The maximum absolute atomic E-state index is 14.2. The fourth-order valence-corrected chi connectivity index (χ4v) is 9.95. The van der Waals surface area contributed by atoms with Gasteiger partial charge in [0.15, 0.2) is 0 Å². The monoisotopic (exact) mass is 908 g/mol. The number of fused-ring (bicyclic) bond motifs is 5. The van der Waals surface area contributed by atoms with Crippen LogP contribution in [0.3, 0.4) is 0 Å². The molecular weight excluding hydrogens is 835 g/mol. The van der Waals surface area contributed by atoms with Gasteiger partial charge in [0.2, 0.25) is 23.6 Å². The highest BCUT2D eigenvalue weighted by Crippen LogP contribution is 2.41. The van der Waals surface area contributed by atoms with Crippen molar-refractivity contribution in [2.75, 3.05) is 37.5 Å². The van der Waals surface area contributed by atoms with Crippen LogP contribution in [-0.4, -0.2) is 93.2 Å². The van der Waals surface area contributed by atoms with Crippen LogP contribution in [0.5, 0.6) is 0 Å². The molecule has 1 unspecified atom stereocenters. The van der Waals surface area contributed by atoms with Crippen molar-refractivity contribution < 1.29 is 28.7 Å². The Labute approximate surface area is 384 Å². The zero-order valence-electron chi connectivity index (χ0n) is 39.7. The maximum atomic E-state index is 14.2. The Morgan fingerprint density at radius 3 is 2.16 bits per heavy atom. The predicted octanol–water partition coefficient (Wildman–Crippen LogP) is 8.74. The molecule has 0 saturated carbocycles. The third kappa shape index (κ3) is 15.9. The van der Waals surface area contributed by atoms with Crippen LogP contribution in [0, 0.1) is 5.41 Å². The molecule has 63 heavy (non-hydrogen) atoms. The molecule has 4 rings (SSSR count). The second kappa shape index (κ2) is 23.3. The molecule has 13 nitrogen and oxygen atoms in total. The van der Waals surface area contributed by atoms with E-state index in [2.05, 4.69) is 55.8 Å². The van der Waals surface area contributed by atoms with Crippen LogP contribution < -0.4 is 20.9 Å². The molecule has 0 aliphatic carbocycles. The van der Waals surface area contributed by atoms with Gasteiger partial charge in [0, 0.05) is 85.7 Å². The number of benzene rings is 2. The predicted molar refractivity (Wildman–Crippen MR) is 257 cm³/mol. The molecule has 0 bridgehead atoms. The summed E-state index contributed by atoms with van der Waals surface area (Å²) in [6.45, 7) is 22.7. The van der Waals surface area contributed by atoms with Crippen LogP contribution in [0.2, 0.25) is 0 Å². The molecule has 0 spiro atoms. The molecule has 3 N–H and O–H groups in total. The van der Waals surface area contributed by atoms with Gasteiger partial charge in [-0.15, -0.1) is 5.10 Å². The highest BCUT2D eigenvalue weighted by Gasteiger charge is 2.32. The number of hydrogen-bond acceptors (Lipinski definition) is 10. The molecule has 1 aromatic heterocycles. The standard InChI is InChI=1S/C48H73N7O6S2/c1-12-50-39(56)22-21-34(2)63-62-32-28-48(9,10)61-31-27-46(5,6)51-40(57)23-24-41(58)54-33-35-17-13-14-18-36(35)43-42(37-19-15-16-20-38(37)54)52-53-55(43)29-25-47(7,8)60-30-26-45(3,4)44(59)49-11/h13-20,34H,12,21-33H2,1-11H3,(H,49,59)(H,50,56)(H,51,57). The minimum Gasteiger partial charge on any atom is -0.375 e. The molecule has 2 aromatic carbocycles. The Kier molecular flexibility index (Phi) is 19.1. The number of aromatic nitrogens is 3. The normalized spacial score (nSPS) is 13.5. The number of carbonyl (C=O) groups is 4. The van der Waals surface area contributed by atoms with Gasteiger partial charge in [-0.05, 0) is 92.2 Å². The summed E-state index contributed by atoms with van der Waals surface area (Å²) in [4.78, 5) is 53.4. The maximum Gasteiger partial charge on any atom is 0.227 e. The number of amides is 4. The van der Waals surface area contributed by atoms with Crippen LogP contribution in [0.4, 0.5) is 5.69 Å². The first-order chi connectivity index (χ1) is 29.7. The van der Waals surface area contributed by atoms with Gasteiger partial charge in [-0.2, -0.15) is 0 Å². The fourth-order valence-electron chi connectivity index (χ4n) is 7.31. The first kappa shape index (κ1) is 51.7. The molecule has 4 amide bonds. The molecule has 3 aromatic rings. The van der Waals surface area contributed by atoms with Gasteiger partial charge in [-0.3, -0.25) is 19.2 Å². The SMILES string of the molecule is CCNC(=O)CCC(C)SSCCC(C)(C)OCCC(C)(C)NC(=O)CCC(=O)N1Cc2ccccc2-c2c(nnn2CCC(C)(C)OCCC(C)(C)C(=O)NC)-c2ccccc21. The van der Waals surface area contributed by atoms with Crippen molar-refractivity contribution in [3.05, 3.63) is 54.1 Å². The van der Waals surface area contributed by atoms with E-state index >= 15 is 0 Å². The summed E-state index contributed by atoms with van der Waals surface area (Å²) in [6, 6.07) is 15.8. The second-order valence-corrected chi connectivity index (χ2v) is 21.9. The van der Waals surface area contributed by atoms with Crippen molar-refractivity contribution in [1.29, 1.82) is 0 Å². The zero-order valence-corrected chi connectivity index (χ0v) is 41.3. The minimum atomic E-state index is -0.535. The molecule has 1 aliphatic heterocycles. The number of hydrogen-bond donors (Lipinski definition) is 3. The molecule has 2 heterocycles. The lowest BCUT2D eigenvalue weighted by molar-refractivity contribution is -0.131. The van der Waals surface area contributed by atoms with Gasteiger partial charge >= 0.3 is 0 Å². The van der Waals surface area contributed by atoms with Crippen LogP contribution in [-0.2, 0) is 41.7 Å². The van der Waals surface area contributed by atoms with E-state index in [1.54, 1.807) is 11.9 Å². The average molecular weight is 908 g/mol. The van der Waals surface area contributed by atoms with Crippen molar-refractivity contribution in [1.82, 2.24) is 30.9 Å². The first-order valence-corrected chi connectivity index (χ1v) is 24.8. The quantitative estimate of drug-likeness (QED) is 0.0555. The van der Waals surface area contributed by atoms with Crippen molar-refractivity contribution in [3.63, 3.8) is 0 Å². The molecule has 0 saturated heterocycles. The third-order valence-electron chi connectivity index (χ3n) is 11.5. The molecule has 0 fully saturated rings. The highest BCUT2D eigenvalue weighted by atomic mass is 33.1. The van der Waals surface area contributed by atoms with Crippen LogP contribution in [0.1, 0.15) is 126 Å². The van der Waals surface area contributed by atoms with Gasteiger partial charge in [0.25, 0.3) is 0 Å². The topological polar surface area (TPSA) is 157 Å². The van der Waals surface area contributed by atoms with Crippen molar-refractivity contribution in [2.24, 2.45) is 5.41 Å². The zero-order chi connectivity index (χ0) is 46.4. The van der Waals surface area contributed by atoms with Crippen molar-refractivity contribution in [2.45, 2.75) is 156 Å². The van der Waals surface area contributed by atoms with E-state index in [1.807, 2.05) is 109 Å². The molecule has 0 radical (unpaired) electrons. The van der Waals surface area contributed by atoms with E-state index in [9.17, 15) is 19.2 Å². The van der Waals surface area contributed by atoms with Gasteiger partial charge in [-0.1, -0.05) is 90.0 Å². The number of carbonyl (C=O) groups excluding carboxylic acids is 4. The summed E-state index contributed by atoms with van der Waals surface area (Å²) >= 11 is 0. The Morgan fingerprint density at radius 1 is 0.810 bits per heavy atom. The van der Waals surface area contributed by atoms with Gasteiger partial charge in [0.1, 0.15) is 5.69 Å². The average Bonchev–Trinajstić information content (AvgIpc) is 3.64. The number of nitrogens with one attached hydrogen (secondary N) is 3. The number of para-hydroxylation sites is 1. The van der Waals surface area contributed by atoms with Gasteiger partial charge < -0.3 is 30.3 Å². The molecule has 1 atom stereocenters. The molecule has 15 heteroatoms. The Morgan fingerprint density at radius 2 is 1.46 bits per heavy atom. The fraction of sp³-hybridized carbons (Fsp3) is 0.625. The van der Waals surface area contributed by atoms with E-state index < -0.39 is 16.6 Å². The molecule has 348 valence electrons. The summed E-state index contributed by atoms with van der Waals surface area (Å²) in [5.74, 6) is 0.690. The molecular formula is C48H73N7O6S2. The summed E-state index contributed by atoms with van der Waals surface area (Å²) in [7, 11) is 5.28. The van der Waals surface area contributed by atoms with E-state index in [1.165, 1.54) is 0 Å². The number of aryl methyl sites for hydroxylation is 1. The van der Waals surface area contributed by atoms with Gasteiger partial charge in [0.05, 0.1) is 29.1 Å². The summed E-state index contributed by atoms with van der Waals surface area (Å²) in [6.07, 6.45) is 4.24. The number of nitrogens with zero attached hydrogens (tertiary/aromatic N) is 4. The van der Waals surface area contributed by atoms with E-state index in [0.717, 1.165) is 46.7 Å².